The molecule has 0 aliphatic carbocycles. The summed E-state index contributed by atoms with van der Waals surface area (Å²) in [6, 6.07) is 66.9. The molecule has 0 spiro atoms. The van der Waals surface area contributed by atoms with Gasteiger partial charge in [-0.2, -0.15) is 0 Å². The molecule has 0 amide bonds. The van der Waals surface area contributed by atoms with Crippen molar-refractivity contribution in [3.8, 4) is 11.1 Å². The Morgan fingerprint density at radius 3 is 0.960 bits per heavy atom. The van der Waals surface area contributed by atoms with E-state index in [9.17, 15) is 0 Å². The molecule has 0 unspecified atom stereocenters. The van der Waals surface area contributed by atoms with Gasteiger partial charge in [0.05, 0.1) is 0 Å². The van der Waals surface area contributed by atoms with Crippen molar-refractivity contribution in [3.05, 3.63) is 205 Å². The van der Waals surface area contributed by atoms with Crippen LogP contribution in [0.1, 0.15) is 37.5 Å². The molecule has 2 nitrogen and oxygen atoms in total. The van der Waals surface area contributed by atoms with Gasteiger partial charge in [-0.25, -0.2) is 0 Å². The maximum Gasteiger partial charge on any atom is 0.0462 e. The summed E-state index contributed by atoms with van der Waals surface area (Å²) >= 11 is 0. The van der Waals surface area contributed by atoms with Gasteiger partial charge in [-0.3, -0.25) is 0 Å². The standard InChI is InChI=1S/C48H42N2/c1-48(2,3)41-29-35-47(36-30-41)50(44-17-11-6-12-18-44)46-33-27-40(28-34-46)39-25-21-37(22-26-39)19-20-38-23-31-45(32-24-38)49(42-13-7-4-8-14-42)43-15-9-5-10-16-43/h4-36H,1-3H3/b20-19+. The fourth-order valence-electron chi connectivity index (χ4n) is 6.25. The van der Waals surface area contributed by atoms with Gasteiger partial charge in [0.15, 0.2) is 0 Å². The molecule has 0 heterocycles. The maximum atomic E-state index is 2.32. The fraction of sp³-hybridized carbons (Fsp3) is 0.0833. The molecule has 244 valence electrons. The van der Waals surface area contributed by atoms with Gasteiger partial charge >= 0.3 is 0 Å². The van der Waals surface area contributed by atoms with Crippen molar-refractivity contribution in [2.24, 2.45) is 0 Å². The van der Waals surface area contributed by atoms with E-state index in [0.717, 1.165) is 39.7 Å². The van der Waals surface area contributed by atoms with E-state index < -0.39 is 0 Å². The Morgan fingerprint density at radius 1 is 0.320 bits per heavy atom. The molecule has 0 aliphatic rings. The van der Waals surface area contributed by atoms with Crippen LogP contribution >= 0.6 is 0 Å². The van der Waals surface area contributed by atoms with Crippen molar-refractivity contribution >= 4 is 46.3 Å². The lowest BCUT2D eigenvalue weighted by Crippen LogP contribution is -2.13. The summed E-state index contributed by atoms with van der Waals surface area (Å²) in [6.45, 7) is 6.76. The summed E-state index contributed by atoms with van der Waals surface area (Å²) in [6.07, 6.45) is 4.35. The molecular weight excluding hydrogens is 605 g/mol. The van der Waals surface area contributed by atoms with Gasteiger partial charge in [-0.05, 0) is 106 Å². The minimum atomic E-state index is 0.114. The average molecular weight is 647 g/mol. The molecule has 0 bridgehead atoms. The van der Waals surface area contributed by atoms with E-state index in [1.165, 1.54) is 22.3 Å². The van der Waals surface area contributed by atoms with E-state index >= 15 is 0 Å². The summed E-state index contributed by atoms with van der Waals surface area (Å²) in [7, 11) is 0. The zero-order chi connectivity index (χ0) is 34.3. The monoisotopic (exact) mass is 646 g/mol. The van der Waals surface area contributed by atoms with Crippen LogP contribution in [-0.2, 0) is 5.41 Å². The molecule has 0 fully saturated rings. The molecule has 7 rings (SSSR count). The molecule has 7 aromatic rings. The number of hydrogen-bond donors (Lipinski definition) is 0. The smallest absolute Gasteiger partial charge is 0.0462 e. The fourth-order valence-corrected chi connectivity index (χ4v) is 6.25. The Hall–Kier alpha value is -6.12. The van der Waals surface area contributed by atoms with Crippen molar-refractivity contribution < 1.29 is 0 Å². The van der Waals surface area contributed by atoms with Crippen molar-refractivity contribution in [2.75, 3.05) is 9.80 Å². The highest BCUT2D eigenvalue weighted by Gasteiger charge is 2.17. The van der Waals surface area contributed by atoms with E-state index in [1.54, 1.807) is 0 Å². The molecule has 7 aromatic carbocycles. The van der Waals surface area contributed by atoms with E-state index in [1.807, 2.05) is 0 Å². The summed E-state index contributed by atoms with van der Waals surface area (Å²) < 4.78 is 0. The third-order valence-electron chi connectivity index (χ3n) is 9.02. The lowest BCUT2D eigenvalue weighted by atomic mass is 9.87. The van der Waals surface area contributed by atoms with Gasteiger partial charge in [-0.15, -0.1) is 0 Å². The predicted molar refractivity (Wildman–Crippen MR) is 215 cm³/mol. The zero-order valence-corrected chi connectivity index (χ0v) is 28.9. The molecule has 50 heavy (non-hydrogen) atoms. The Bertz CT molecular complexity index is 2090. The Kier molecular flexibility index (Phi) is 9.44. The first-order valence-corrected chi connectivity index (χ1v) is 17.3. The second-order valence-electron chi connectivity index (χ2n) is 13.6. The molecule has 0 saturated heterocycles. The van der Waals surface area contributed by atoms with Gasteiger partial charge < -0.3 is 9.80 Å². The Labute approximate surface area is 297 Å². The molecule has 0 radical (unpaired) electrons. The average Bonchev–Trinajstić information content (AvgIpc) is 3.16. The van der Waals surface area contributed by atoms with E-state index in [2.05, 4.69) is 231 Å². The van der Waals surface area contributed by atoms with Crippen LogP contribution in [0, 0.1) is 0 Å². The van der Waals surface area contributed by atoms with Crippen molar-refractivity contribution in [1.82, 2.24) is 0 Å². The zero-order valence-electron chi connectivity index (χ0n) is 28.9. The third kappa shape index (κ3) is 7.46. The summed E-state index contributed by atoms with van der Waals surface area (Å²) in [5.41, 5.74) is 13.0. The lowest BCUT2D eigenvalue weighted by molar-refractivity contribution is 0.590. The molecule has 2 heteroatoms. The van der Waals surface area contributed by atoms with Crippen LogP contribution in [-0.4, -0.2) is 0 Å². The van der Waals surface area contributed by atoms with Crippen LogP contribution in [0.2, 0.25) is 0 Å². The SMILES string of the molecule is CC(C)(C)c1ccc(N(c2ccccc2)c2ccc(-c3ccc(/C=C/c4ccc(N(c5ccccc5)c5ccccc5)cc4)cc3)cc2)cc1. The summed E-state index contributed by atoms with van der Waals surface area (Å²) in [5.74, 6) is 0. The van der Waals surface area contributed by atoms with Gasteiger partial charge in [-0.1, -0.05) is 148 Å². The van der Waals surface area contributed by atoms with Crippen LogP contribution in [0.25, 0.3) is 23.3 Å². The number of nitrogens with zero attached hydrogens (tertiary/aromatic N) is 2. The number of anilines is 6. The molecular formula is C48H42N2. The number of benzene rings is 7. The summed E-state index contributed by atoms with van der Waals surface area (Å²) in [5, 5.41) is 0. The van der Waals surface area contributed by atoms with Gasteiger partial charge in [0, 0.05) is 34.1 Å². The molecule has 0 atom stereocenters. The first kappa shape index (κ1) is 32.4. The predicted octanol–water partition coefficient (Wildman–Crippen LogP) is 13.8. The largest absolute Gasteiger partial charge is 0.311 e. The Balaban J connectivity index is 1.07. The van der Waals surface area contributed by atoms with Crippen LogP contribution < -0.4 is 9.80 Å². The highest BCUT2D eigenvalue weighted by molar-refractivity contribution is 5.80. The highest BCUT2D eigenvalue weighted by atomic mass is 15.1. The van der Waals surface area contributed by atoms with E-state index in [-0.39, 0.29) is 5.41 Å². The third-order valence-corrected chi connectivity index (χ3v) is 9.02. The Morgan fingerprint density at radius 2 is 0.600 bits per heavy atom. The van der Waals surface area contributed by atoms with Crippen LogP contribution in [0.4, 0.5) is 34.1 Å². The highest BCUT2D eigenvalue weighted by Crippen LogP contribution is 2.37. The second-order valence-corrected chi connectivity index (χ2v) is 13.6. The lowest BCUT2D eigenvalue weighted by Gasteiger charge is -2.27. The van der Waals surface area contributed by atoms with Gasteiger partial charge in [0.25, 0.3) is 0 Å². The van der Waals surface area contributed by atoms with Crippen molar-refractivity contribution in [1.29, 1.82) is 0 Å². The number of hydrogen-bond acceptors (Lipinski definition) is 2. The maximum absolute atomic E-state index is 2.32. The topological polar surface area (TPSA) is 6.48 Å². The first-order chi connectivity index (χ1) is 24.4. The van der Waals surface area contributed by atoms with Gasteiger partial charge in [0.1, 0.15) is 0 Å². The molecule has 0 aromatic heterocycles. The molecule has 0 N–H and O–H groups in total. The van der Waals surface area contributed by atoms with Crippen LogP contribution in [0.5, 0.6) is 0 Å². The van der Waals surface area contributed by atoms with Crippen LogP contribution in [0.3, 0.4) is 0 Å². The van der Waals surface area contributed by atoms with Crippen molar-refractivity contribution in [3.63, 3.8) is 0 Å². The quantitative estimate of drug-likeness (QED) is 0.144. The number of para-hydroxylation sites is 3. The van der Waals surface area contributed by atoms with Gasteiger partial charge in [0.2, 0.25) is 0 Å². The second kappa shape index (κ2) is 14.6. The van der Waals surface area contributed by atoms with Crippen LogP contribution in [0.15, 0.2) is 188 Å². The minimum absolute atomic E-state index is 0.114. The van der Waals surface area contributed by atoms with E-state index in [0.29, 0.717) is 0 Å². The molecule has 0 saturated carbocycles. The molecule has 0 aliphatic heterocycles. The normalized spacial score (nSPS) is 11.4. The number of rotatable bonds is 9. The summed E-state index contributed by atoms with van der Waals surface area (Å²) in [4.78, 5) is 4.60. The van der Waals surface area contributed by atoms with E-state index in [4.69, 9.17) is 0 Å². The first-order valence-electron chi connectivity index (χ1n) is 17.3. The minimum Gasteiger partial charge on any atom is -0.311 e. The van der Waals surface area contributed by atoms with Crippen molar-refractivity contribution in [2.45, 2.75) is 26.2 Å².